The van der Waals surface area contributed by atoms with Gasteiger partial charge in [-0.25, -0.2) is 0 Å². The molecular formula is C20H27N9O2. The third kappa shape index (κ3) is 3.69. The zero-order valence-electron chi connectivity index (χ0n) is 17.6. The standard InChI is InChI=1S/C20H27N9O2/c1-2-3-7-26-9-11-27(12-10-26)17(30)14-6-8-28(14)19-23-18(21)29-20(24-19)22-16(25-29)15-5-4-13-31-15/h4-5,13-14H,2-3,6-12H2,1H3,(H2,21,22,23,24,25)/t14-/m0/s1. The molecule has 0 saturated carbocycles. The number of nitrogen functional groups attached to an aromatic ring is 1. The quantitative estimate of drug-likeness (QED) is 0.613. The third-order valence-corrected chi connectivity index (χ3v) is 6.04. The molecule has 3 aromatic rings. The van der Waals surface area contributed by atoms with Gasteiger partial charge >= 0.3 is 0 Å². The van der Waals surface area contributed by atoms with Crippen molar-refractivity contribution in [2.24, 2.45) is 0 Å². The van der Waals surface area contributed by atoms with Crippen LogP contribution in [0.25, 0.3) is 17.4 Å². The number of anilines is 2. The molecule has 2 fully saturated rings. The number of piperazine rings is 1. The highest BCUT2D eigenvalue weighted by atomic mass is 16.3. The van der Waals surface area contributed by atoms with E-state index in [4.69, 9.17) is 10.2 Å². The van der Waals surface area contributed by atoms with E-state index in [2.05, 4.69) is 31.9 Å². The number of aromatic nitrogens is 5. The molecule has 31 heavy (non-hydrogen) atoms. The van der Waals surface area contributed by atoms with Gasteiger partial charge in [0.2, 0.25) is 23.6 Å². The Labute approximate surface area is 179 Å². The maximum Gasteiger partial charge on any atom is 0.259 e. The van der Waals surface area contributed by atoms with Crippen molar-refractivity contribution in [3.8, 4) is 11.6 Å². The van der Waals surface area contributed by atoms with Gasteiger partial charge in [0.15, 0.2) is 5.76 Å². The Morgan fingerprint density at radius 1 is 1.19 bits per heavy atom. The highest BCUT2D eigenvalue weighted by Crippen LogP contribution is 2.27. The van der Waals surface area contributed by atoms with Crippen LogP contribution in [-0.2, 0) is 4.79 Å². The van der Waals surface area contributed by atoms with Crippen LogP contribution in [0.1, 0.15) is 26.2 Å². The van der Waals surface area contributed by atoms with E-state index in [1.807, 2.05) is 9.80 Å². The number of amides is 1. The molecule has 11 heteroatoms. The van der Waals surface area contributed by atoms with Crippen LogP contribution in [0.15, 0.2) is 22.8 Å². The minimum atomic E-state index is -0.253. The van der Waals surface area contributed by atoms with E-state index in [9.17, 15) is 4.79 Å². The van der Waals surface area contributed by atoms with E-state index in [0.29, 0.717) is 29.9 Å². The number of carbonyl (C=O) groups is 1. The lowest BCUT2D eigenvalue weighted by Gasteiger charge is -2.44. The number of nitrogens with zero attached hydrogens (tertiary/aromatic N) is 8. The monoisotopic (exact) mass is 425 g/mol. The molecule has 0 aromatic carbocycles. The average molecular weight is 425 g/mol. The summed E-state index contributed by atoms with van der Waals surface area (Å²) in [5.74, 6) is 1.97. The Kier molecular flexibility index (Phi) is 5.18. The predicted octanol–water partition coefficient (Wildman–Crippen LogP) is 0.885. The van der Waals surface area contributed by atoms with Gasteiger partial charge in [-0.2, -0.15) is 19.5 Å². The second kappa shape index (κ2) is 8.14. The van der Waals surface area contributed by atoms with E-state index in [1.54, 1.807) is 18.4 Å². The number of nitrogens with two attached hydrogens (primary N) is 1. The van der Waals surface area contributed by atoms with E-state index >= 15 is 0 Å². The second-order valence-electron chi connectivity index (χ2n) is 8.02. The normalized spacial score (nSPS) is 19.7. The molecule has 1 atom stereocenters. The minimum Gasteiger partial charge on any atom is -0.461 e. The first-order chi connectivity index (χ1) is 15.1. The topological polar surface area (TPSA) is 122 Å². The molecule has 2 aliphatic heterocycles. The first kappa shape index (κ1) is 19.7. The van der Waals surface area contributed by atoms with Crippen LogP contribution < -0.4 is 10.6 Å². The summed E-state index contributed by atoms with van der Waals surface area (Å²) in [6.45, 7) is 7.43. The molecular weight excluding hydrogens is 398 g/mol. The summed E-state index contributed by atoms with van der Waals surface area (Å²) in [7, 11) is 0. The predicted molar refractivity (Wildman–Crippen MR) is 114 cm³/mol. The maximum atomic E-state index is 13.1. The molecule has 5 heterocycles. The van der Waals surface area contributed by atoms with Crippen molar-refractivity contribution >= 4 is 23.6 Å². The first-order valence-corrected chi connectivity index (χ1v) is 10.9. The summed E-state index contributed by atoms with van der Waals surface area (Å²) < 4.78 is 6.73. The van der Waals surface area contributed by atoms with E-state index < -0.39 is 0 Å². The van der Waals surface area contributed by atoms with Gasteiger partial charge in [0.05, 0.1) is 6.26 Å². The van der Waals surface area contributed by atoms with Crippen molar-refractivity contribution in [2.75, 3.05) is 49.9 Å². The molecule has 2 N–H and O–H groups in total. The number of furan rings is 1. The molecule has 164 valence electrons. The third-order valence-electron chi connectivity index (χ3n) is 6.04. The van der Waals surface area contributed by atoms with Crippen LogP contribution in [0.2, 0.25) is 0 Å². The molecule has 5 rings (SSSR count). The average Bonchev–Trinajstić information content (AvgIpc) is 3.42. The molecule has 0 aliphatic carbocycles. The number of fused-ring (bicyclic) bond motifs is 1. The number of unbranched alkanes of at least 4 members (excludes halogenated alkanes) is 1. The zero-order valence-corrected chi connectivity index (χ0v) is 17.6. The molecule has 0 bridgehead atoms. The van der Waals surface area contributed by atoms with Gasteiger partial charge in [0, 0.05) is 32.7 Å². The maximum absolute atomic E-state index is 13.1. The van der Waals surface area contributed by atoms with Gasteiger partial charge in [-0.3, -0.25) is 9.69 Å². The number of hydrogen-bond acceptors (Lipinski definition) is 9. The zero-order chi connectivity index (χ0) is 21.4. The number of rotatable bonds is 6. The Morgan fingerprint density at radius 2 is 2.03 bits per heavy atom. The van der Waals surface area contributed by atoms with Crippen molar-refractivity contribution in [3.05, 3.63) is 18.4 Å². The smallest absolute Gasteiger partial charge is 0.259 e. The number of carbonyl (C=O) groups excluding carboxylic acids is 1. The van der Waals surface area contributed by atoms with Crippen molar-refractivity contribution < 1.29 is 9.21 Å². The summed E-state index contributed by atoms with van der Waals surface area (Å²) in [5, 5.41) is 4.32. The Balaban J connectivity index is 1.30. The van der Waals surface area contributed by atoms with Gasteiger partial charge in [-0.1, -0.05) is 13.3 Å². The molecule has 3 aromatic heterocycles. The van der Waals surface area contributed by atoms with Gasteiger partial charge < -0.3 is 20.0 Å². The van der Waals surface area contributed by atoms with Gasteiger partial charge in [-0.15, -0.1) is 5.10 Å². The fraction of sp³-hybridized carbons (Fsp3) is 0.550. The van der Waals surface area contributed by atoms with E-state index in [1.165, 1.54) is 17.4 Å². The summed E-state index contributed by atoms with van der Waals surface area (Å²) in [6, 6.07) is 3.28. The highest BCUT2D eigenvalue weighted by molar-refractivity contribution is 5.86. The summed E-state index contributed by atoms with van der Waals surface area (Å²) >= 11 is 0. The molecule has 0 radical (unpaired) electrons. The molecule has 0 unspecified atom stereocenters. The van der Waals surface area contributed by atoms with Crippen LogP contribution in [0.5, 0.6) is 0 Å². The Hall–Kier alpha value is -3.21. The minimum absolute atomic E-state index is 0.140. The van der Waals surface area contributed by atoms with Crippen LogP contribution in [0.4, 0.5) is 11.9 Å². The lowest BCUT2D eigenvalue weighted by molar-refractivity contribution is -0.135. The largest absolute Gasteiger partial charge is 0.461 e. The highest BCUT2D eigenvalue weighted by Gasteiger charge is 2.39. The summed E-state index contributed by atoms with van der Waals surface area (Å²) in [6.07, 6.45) is 4.74. The molecule has 2 aliphatic rings. The summed E-state index contributed by atoms with van der Waals surface area (Å²) in [5.41, 5.74) is 6.11. The van der Waals surface area contributed by atoms with E-state index in [0.717, 1.165) is 39.1 Å². The van der Waals surface area contributed by atoms with Crippen molar-refractivity contribution in [1.82, 2.24) is 34.4 Å². The molecule has 11 nitrogen and oxygen atoms in total. The lowest BCUT2D eigenvalue weighted by Crippen LogP contribution is -2.60. The number of hydrogen-bond donors (Lipinski definition) is 1. The van der Waals surface area contributed by atoms with Gasteiger partial charge in [0.25, 0.3) is 5.78 Å². The van der Waals surface area contributed by atoms with Crippen molar-refractivity contribution in [1.29, 1.82) is 0 Å². The van der Waals surface area contributed by atoms with Crippen LogP contribution in [0, 0.1) is 0 Å². The van der Waals surface area contributed by atoms with Crippen molar-refractivity contribution in [3.63, 3.8) is 0 Å². The van der Waals surface area contributed by atoms with Crippen LogP contribution in [-0.4, -0.2) is 85.6 Å². The molecule has 0 spiro atoms. The van der Waals surface area contributed by atoms with E-state index in [-0.39, 0.29) is 17.9 Å². The molecule has 2 saturated heterocycles. The fourth-order valence-corrected chi connectivity index (χ4v) is 4.10. The Bertz CT molecular complexity index is 1060. The van der Waals surface area contributed by atoms with Gasteiger partial charge in [-0.05, 0) is 31.5 Å². The van der Waals surface area contributed by atoms with Crippen LogP contribution >= 0.6 is 0 Å². The lowest BCUT2D eigenvalue weighted by atomic mass is 10.0. The van der Waals surface area contributed by atoms with Crippen molar-refractivity contribution in [2.45, 2.75) is 32.2 Å². The van der Waals surface area contributed by atoms with Crippen LogP contribution in [0.3, 0.4) is 0 Å². The van der Waals surface area contributed by atoms with Gasteiger partial charge in [0.1, 0.15) is 6.04 Å². The summed E-state index contributed by atoms with van der Waals surface area (Å²) in [4.78, 5) is 32.7. The second-order valence-corrected chi connectivity index (χ2v) is 8.02. The molecule has 1 amide bonds. The SMILES string of the molecule is CCCCN1CCN(C(=O)[C@@H]2CCN2c2nc(N)n3nc(-c4ccco4)nc3n2)CC1. The first-order valence-electron chi connectivity index (χ1n) is 10.9. The fourth-order valence-electron chi connectivity index (χ4n) is 4.10. The Morgan fingerprint density at radius 3 is 2.71 bits per heavy atom.